The van der Waals surface area contributed by atoms with Crippen LogP contribution in [0.4, 0.5) is 0 Å². The van der Waals surface area contributed by atoms with Crippen LogP contribution in [0.3, 0.4) is 0 Å². The molecule has 9 aromatic carbocycles. The smallest absolute Gasteiger partial charge is 0.144 e. The van der Waals surface area contributed by atoms with Crippen LogP contribution >= 0.6 is 0 Å². The largest absolute Gasteiger partial charge is 0.455 e. The number of fused-ring (bicyclic) bond motifs is 15. The van der Waals surface area contributed by atoms with Crippen LogP contribution in [-0.2, 0) is 10.8 Å². The van der Waals surface area contributed by atoms with Crippen molar-refractivity contribution in [2.75, 3.05) is 0 Å². The fraction of sp³-hybridized carbons (Fsp3) is 0.111. The molecule has 0 unspecified atom stereocenters. The van der Waals surface area contributed by atoms with Gasteiger partial charge in [0, 0.05) is 27.2 Å². The third kappa shape index (κ3) is 3.88. The average Bonchev–Trinajstić information content (AvgIpc) is 3.79. The van der Waals surface area contributed by atoms with Crippen molar-refractivity contribution in [2.45, 2.75) is 38.5 Å². The molecule has 0 fully saturated rings. The van der Waals surface area contributed by atoms with Gasteiger partial charge in [-0.15, -0.1) is 0 Å². The molecule has 1 heterocycles. The second-order valence-corrected chi connectivity index (χ2v) is 16.7. The van der Waals surface area contributed by atoms with Crippen LogP contribution < -0.4 is 0 Å². The first kappa shape index (κ1) is 31.0. The van der Waals surface area contributed by atoms with E-state index in [4.69, 9.17) is 4.42 Å². The predicted molar refractivity (Wildman–Crippen MR) is 232 cm³/mol. The highest BCUT2D eigenvalue weighted by Crippen LogP contribution is 2.63. The molecule has 0 spiro atoms. The summed E-state index contributed by atoms with van der Waals surface area (Å²) in [5, 5.41) is 10.1. The van der Waals surface area contributed by atoms with Crippen LogP contribution in [0.1, 0.15) is 49.9 Å². The molecule has 0 saturated heterocycles. The maximum atomic E-state index is 6.92. The van der Waals surface area contributed by atoms with Gasteiger partial charge < -0.3 is 4.42 Å². The fourth-order valence-electron chi connectivity index (χ4n) is 10.9. The third-order valence-corrected chi connectivity index (χ3v) is 13.2. The van der Waals surface area contributed by atoms with Crippen LogP contribution in [0, 0.1) is 0 Å². The van der Waals surface area contributed by atoms with Gasteiger partial charge in [0.2, 0.25) is 0 Å². The van der Waals surface area contributed by atoms with Gasteiger partial charge in [0.1, 0.15) is 11.2 Å². The molecule has 2 aliphatic carbocycles. The summed E-state index contributed by atoms with van der Waals surface area (Å²) < 4.78 is 6.92. The second kappa shape index (κ2) is 10.6. The van der Waals surface area contributed by atoms with Gasteiger partial charge >= 0.3 is 0 Å². The molecule has 0 N–H and O–H groups in total. The monoisotopic (exact) mass is 702 g/mol. The molecule has 1 heteroatoms. The number of benzene rings is 9. The minimum absolute atomic E-state index is 0.185. The molecular formula is C54H38O. The minimum atomic E-state index is -0.259. The van der Waals surface area contributed by atoms with Gasteiger partial charge in [0.15, 0.2) is 0 Å². The number of rotatable bonds is 2. The Kier molecular flexibility index (Phi) is 5.98. The SMILES string of the molecule is CC1(C)c2ccccc2-c2c1c1c(c3c2oc2ccccc23)-c2ccc(-c3c4ccccc4c(-c4cccc5ccccc45)c4ccccc34)cc2C1(C)C. The molecule has 0 saturated carbocycles. The zero-order valence-electron chi connectivity index (χ0n) is 31.4. The molecule has 10 aromatic rings. The summed E-state index contributed by atoms with van der Waals surface area (Å²) in [6.45, 7) is 9.73. The zero-order valence-corrected chi connectivity index (χ0v) is 31.4. The second-order valence-electron chi connectivity index (χ2n) is 16.7. The lowest BCUT2D eigenvalue weighted by Gasteiger charge is -2.31. The molecule has 12 rings (SSSR count). The lowest BCUT2D eigenvalue weighted by atomic mass is 9.72. The molecule has 1 nitrogen and oxygen atoms in total. The van der Waals surface area contributed by atoms with Gasteiger partial charge in [-0.05, 0) is 106 Å². The summed E-state index contributed by atoms with van der Waals surface area (Å²) >= 11 is 0. The predicted octanol–water partition coefficient (Wildman–Crippen LogP) is 15.0. The van der Waals surface area contributed by atoms with Gasteiger partial charge in [-0.3, -0.25) is 0 Å². The standard InChI is InChI=1S/C54H38O/c1-53(2)42-26-13-11-23-39(42)49-51(53)50-47(48-41-24-12-14-27-44(41)55-52(48)49)40-29-28-32(30-43(40)54(50,3)4)45-35-19-7-9-21-37(35)46(38-22-10-8-20-36(38)45)34-25-15-17-31-16-5-6-18-33(31)34/h5-30H,1-4H3. The summed E-state index contributed by atoms with van der Waals surface area (Å²) in [6.07, 6.45) is 0. The number of hydrogen-bond acceptors (Lipinski definition) is 1. The van der Waals surface area contributed by atoms with E-state index < -0.39 is 0 Å². The molecule has 0 amide bonds. The van der Waals surface area contributed by atoms with E-state index in [1.54, 1.807) is 0 Å². The molecule has 1 aromatic heterocycles. The summed E-state index contributed by atoms with van der Waals surface area (Å²) in [7, 11) is 0. The Labute approximate surface area is 320 Å². The summed E-state index contributed by atoms with van der Waals surface area (Å²) in [6, 6.07) is 58.5. The van der Waals surface area contributed by atoms with Crippen LogP contribution in [0.5, 0.6) is 0 Å². The first-order valence-corrected chi connectivity index (χ1v) is 19.5. The molecule has 2 aliphatic rings. The van der Waals surface area contributed by atoms with E-state index in [-0.39, 0.29) is 10.8 Å². The lowest BCUT2D eigenvalue weighted by molar-refractivity contribution is 0.600. The van der Waals surface area contributed by atoms with E-state index in [2.05, 4.69) is 185 Å². The quantitative estimate of drug-likeness (QED) is 0.163. The van der Waals surface area contributed by atoms with E-state index in [0.29, 0.717) is 0 Å². The normalized spacial score (nSPS) is 14.8. The van der Waals surface area contributed by atoms with Gasteiger partial charge in [-0.2, -0.15) is 0 Å². The fourth-order valence-corrected chi connectivity index (χ4v) is 10.9. The molecule has 260 valence electrons. The highest BCUT2D eigenvalue weighted by Gasteiger charge is 2.48. The van der Waals surface area contributed by atoms with Crippen LogP contribution in [0.2, 0.25) is 0 Å². The molecule has 0 radical (unpaired) electrons. The van der Waals surface area contributed by atoms with E-state index in [1.165, 1.54) is 110 Å². The van der Waals surface area contributed by atoms with Crippen molar-refractivity contribution < 1.29 is 4.42 Å². The number of para-hydroxylation sites is 1. The van der Waals surface area contributed by atoms with Crippen molar-refractivity contribution in [2.24, 2.45) is 0 Å². The van der Waals surface area contributed by atoms with Gasteiger partial charge in [0.05, 0.1) is 0 Å². The van der Waals surface area contributed by atoms with Crippen LogP contribution in [0.15, 0.2) is 162 Å². The van der Waals surface area contributed by atoms with Crippen LogP contribution in [0.25, 0.3) is 98.8 Å². The Hall–Kier alpha value is -6.44. The Morgan fingerprint density at radius 3 is 1.65 bits per heavy atom. The van der Waals surface area contributed by atoms with Crippen LogP contribution in [-0.4, -0.2) is 0 Å². The summed E-state index contributed by atoms with van der Waals surface area (Å²) in [5.41, 5.74) is 17.5. The Morgan fingerprint density at radius 2 is 0.909 bits per heavy atom. The molecule has 0 atom stereocenters. The van der Waals surface area contributed by atoms with Gasteiger partial charge in [0.25, 0.3) is 0 Å². The highest BCUT2D eigenvalue weighted by molar-refractivity contribution is 6.24. The topological polar surface area (TPSA) is 13.1 Å². The van der Waals surface area contributed by atoms with Crippen molar-refractivity contribution in [1.82, 2.24) is 0 Å². The average molecular weight is 703 g/mol. The van der Waals surface area contributed by atoms with Crippen molar-refractivity contribution in [3.8, 4) is 44.5 Å². The van der Waals surface area contributed by atoms with E-state index in [1.807, 2.05) is 0 Å². The maximum absolute atomic E-state index is 6.92. The van der Waals surface area contributed by atoms with Crippen molar-refractivity contribution in [3.63, 3.8) is 0 Å². The van der Waals surface area contributed by atoms with E-state index in [9.17, 15) is 0 Å². The van der Waals surface area contributed by atoms with E-state index >= 15 is 0 Å². The number of hydrogen-bond donors (Lipinski definition) is 0. The Bertz CT molecular complexity index is 3250. The van der Waals surface area contributed by atoms with Crippen molar-refractivity contribution >= 4 is 54.3 Å². The summed E-state index contributed by atoms with van der Waals surface area (Å²) in [5.74, 6) is 0. The lowest BCUT2D eigenvalue weighted by Crippen LogP contribution is -2.24. The minimum Gasteiger partial charge on any atom is -0.455 e. The highest BCUT2D eigenvalue weighted by atomic mass is 16.3. The van der Waals surface area contributed by atoms with Gasteiger partial charge in [-0.25, -0.2) is 0 Å². The molecule has 0 bridgehead atoms. The van der Waals surface area contributed by atoms with Crippen molar-refractivity contribution in [3.05, 3.63) is 180 Å². The molecular weight excluding hydrogens is 665 g/mol. The first-order valence-electron chi connectivity index (χ1n) is 19.5. The van der Waals surface area contributed by atoms with Gasteiger partial charge in [-0.1, -0.05) is 173 Å². The Morgan fingerprint density at radius 1 is 0.382 bits per heavy atom. The summed E-state index contributed by atoms with van der Waals surface area (Å²) in [4.78, 5) is 0. The first-order chi connectivity index (χ1) is 26.8. The maximum Gasteiger partial charge on any atom is 0.144 e. The molecule has 0 aliphatic heterocycles. The Balaban J connectivity index is 1.17. The zero-order chi connectivity index (χ0) is 36.8. The third-order valence-electron chi connectivity index (χ3n) is 13.2. The van der Waals surface area contributed by atoms with Crippen molar-refractivity contribution in [1.29, 1.82) is 0 Å². The number of furan rings is 1. The molecule has 55 heavy (non-hydrogen) atoms. The van der Waals surface area contributed by atoms with E-state index in [0.717, 1.165) is 11.2 Å².